The Morgan fingerprint density at radius 1 is 0.947 bits per heavy atom. The molecule has 0 spiro atoms. The standard InChI is InChI=1S/C14H10ClNO2Se/c15-11-5-7-12(8-6-11)19(17,18)14-9-10-3-1-2-4-13(10)16-14/h1-9,16H. The van der Waals surface area contributed by atoms with Gasteiger partial charge in [-0.2, -0.15) is 0 Å². The molecule has 3 nitrogen and oxygen atoms in total. The van der Waals surface area contributed by atoms with E-state index in [1.165, 1.54) is 12.1 Å². The van der Waals surface area contributed by atoms with Crippen molar-refractivity contribution >= 4 is 44.3 Å². The predicted molar refractivity (Wildman–Crippen MR) is 76.1 cm³/mol. The Balaban J connectivity index is 2.16. The third-order valence-corrected chi connectivity index (χ3v) is 6.72. The summed E-state index contributed by atoms with van der Waals surface area (Å²) in [5, 5.41) is 1.41. The Kier molecular flexibility index (Phi) is 2.94. The Morgan fingerprint density at radius 3 is 2.32 bits per heavy atom. The molecule has 1 N–H and O–H groups in total. The summed E-state index contributed by atoms with van der Waals surface area (Å²) in [6.07, 6.45) is 0. The molecule has 96 valence electrons. The molecule has 5 heteroatoms. The van der Waals surface area contributed by atoms with E-state index in [4.69, 9.17) is 11.6 Å². The second-order valence-corrected chi connectivity index (χ2v) is 8.64. The summed E-state index contributed by atoms with van der Waals surface area (Å²) in [6, 6.07) is 15.4. The molecule has 0 saturated heterocycles. The van der Waals surface area contributed by atoms with E-state index in [-0.39, 0.29) is 4.59 Å². The summed E-state index contributed by atoms with van der Waals surface area (Å²) in [5.74, 6) is 0. The molecular formula is C14H10ClNO2Se. The number of nitrogens with one attached hydrogen (secondary N) is 1. The van der Waals surface area contributed by atoms with Crippen molar-refractivity contribution in [2.45, 2.75) is 0 Å². The fourth-order valence-electron chi connectivity index (χ4n) is 1.93. The van der Waals surface area contributed by atoms with Crippen LogP contribution in [0, 0.1) is 0 Å². The molecule has 2 aromatic carbocycles. The topological polar surface area (TPSA) is 49.9 Å². The monoisotopic (exact) mass is 339 g/mol. The van der Waals surface area contributed by atoms with Crippen LogP contribution in [-0.4, -0.2) is 17.7 Å². The zero-order valence-electron chi connectivity index (χ0n) is 9.80. The number of aromatic amines is 1. The number of hydrogen-bond acceptors (Lipinski definition) is 2. The van der Waals surface area contributed by atoms with Crippen molar-refractivity contribution < 1.29 is 7.67 Å². The number of hydrogen-bond donors (Lipinski definition) is 1. The fourth-order valence-corrected chi connectivity index (χ4v) is 4.73. The number of fused-ring (bicyclic) bond motifs is 1. The third kappa shape index (κ3) is 2.19. The molecule has 0 radical (unpaired) electrons. The molecule has 0 bridgehead atoms. The van der Waals surface area contributed by atoms with Crippen LogP contribution in [0.3, 0.4) is 0 Å². The molecule has 0 aliphatic heterocycles. The molecular weight excluding hydrogens is 329 g/mol. The van der Waals surface area contributed by atoms with Crippen LogP contribution in [0.15, 0.2) is 54.6 Å². The fraction of sp³-hybridized carbons (Fsp3) is 0. The van der Waals surface area contributed by atoms with Crippen molar-refractivity contribution in [1.82, 2.24) is 4.98 Å². The van der Waals surface area contributed by atoms with Gasteiger partial charge in [-0.1, -0.05) is 0 Å². The van der Waals surface area contributed by atoms with Crippen LogP contribution in [0.25, 0.3) is 10.9 Å². The van der Waals surface area contributed by atoms with Gasteiger partial charge in [-0.05, 0) is 0 Å². The van der Waals surface area contributed by atoms with Crippen LogP contribution in [0.2, 0.25) is 5.02 Å². The van der Waals surface area contributed by atoms with Gasteiger partial charge in [0.2, 0.25) is 0 Å². The summed E-state index contributed by atoms with van der Waals surface area (Å²) >= 11 is 1.40. The average Bonchev–Trinajstić information content (AvgIpc) is 2.83. The number of rotatable bonds is 2. The first-order valence-electron chi connectivity index (χ1n) is 5.66. The van der Waals surface area contributed by atoms with Crippen molar-refractivity contribution in [3.8, 4) is 0 Å². The second-order valence-electron chi connectivity index (χ2n) is 4.18. The number of aromatic nitrogens is 1. The van der Waals surface area contributed by atoms with Crippen molar-refractivity contribution in [2.24, 2.45) is 0 Å². The number of H-pyrrole nitrogens is 1. The van der Waals surface area contributed by atoms with Gasteiger partial charge in [0.05, 0.1) is 0 Å². The summed E-state index contributed by atoms with van der Waals surface area (Å²) in [7, 11) is 0. The Hall–Kier alpha value is -1.61. The van der Waals surface area contributed by atoms with Gasteiger partial charge < -0.3 is 0 Å². The van der Waals surface area contributed by atoms with Crippen LogP contribution in [0.5, 0.6) is 0 Å². The molecule has 1 heterocycles. The van der Waals surface area contributed by atoms with Crippen molar-refractivity contribution in [1.29, 1.82) is 0 Å². The van der Waals surface area contributed by atoms with Gasteiger partial charge in [-0.3, -0.25) is 0 Å². The Labute approximate surface area is 116 Å². The first kappa shape index (κ1) is 12.4. The molecule has 0 aliphatic carbocycles. The molecule has 0 unspecified atom stereocenters. The molecule has 1 aromatic heterocycles. The van der Waals surface area contributed by atoms with Crippen LogP contribution in [0.4, 0.5) is 0 Å². The summed E-state index contributed by atoms with van der Waals surface area (Å²) in [4.78, 5) is 2.96. The van der Waals surface area contributed by atoms with Crippen LogP contribution >= 0.6 is 11.6 Å². The molecule has 0 fully saturated rings. The quantitative estimate of drug-likeness (QED) is 0.729. The molecule has 0 saturated carbocycles. The van der Waals surface area contributed by atoms with E-state index in [0.29, 0.717) is 9.48 Å². The first-order valence-corrected chi connectivity index (χ1v) is 9.15. The average molecular weight is 339 g/mol. The van der Waals surface area contributed by atoms with Crippen molar-refractivity contribution in [2.75, 3.05) is 0 Å². The van der Waals surface area contributed by atoms with Gasteiger partial charge in [-0.15, -0.1) is 0 Å². The summed E-state index contributed by atoms with van der Waals surface area (Å²) < 4.78 is 25.6. The van der Waals surface area contributed by atoms with Crippen LogP contribution < -0.4 is 9.05 Å². The molecule has 0 atom stereocenters. The molecule has 0 aliphatic rings. The third-order valence-electron chi connectivity index (χ3n) is 2.92. The summed E-state index contributed by atoms with van der Waals surface area (Å²) in [6.45, 7) is 0. The van der Waals surface area contributed by atoms with Gasteiger partial charge in [-0.25, -0.2) is 0 Å². The minimum atomic E-state index is -4.38. The maximum atomic E-state index is 12.5. The van der Waals surface area contributed by atoms with Crippen molar-refractivity contribution in [3.63, 3.8) is 0 Å². The van der Waals surface area contributed by atoms with E-state index in [0.717, 1.165) is 10.9 Å². The number of halogens is 1. The second kappa shape index (κ2) is 4.49. The van der Waals surface area contributed by atoms with Gasteiger partial charge in [0.25, 0.3) is 0 Å². The van der Waals surface area contributed by atoms with E-state index in [1.807, 2.05) is 24.3 Å². The van der Waals surface area contributed by atoms with E-state index >= 15 is 0 Å². The number of benzene rings is 2. The van der Waals surface area contributed by atoms with Gasteiger partial charge in [0.1, 0.15) is 0 Å². The molecule has 19 heavy (non-hydrogen) atoms. The maximum absolute atomic E-state index is 12.5. The Morgan fingerprint density at radius 2 is 1.63 bits per heavy atom. The van der Waals surface area contributed by atoms with Gasteiger partial charge >= 0.3 is 117 Å². The SMILES string of the molecule is O=[Se](=O)(c1ccc(Cl)cc1)c1cc2ccccc2[nH]1. The molecule has 3 aromatic rings. The van der Waals surface area contributed by atoms with Crippen molar-refractivity contribution in [3.05, 3.63) is 59.6 Å². The normalized spacial score (nSPS) is 11.8. The van der Waals surface area contributed by atoms with E-state index < -0.39 is 12.7 Å². The predicted octanol–water partition coefficient (Wildman–Crippen LogP) is 2.24. The van der Waals surface area contributed by atoms with E-state index in [1.54, 1.807) is 18.2 Å². The Bertz CT molecular complexity index is 802. The minimum absolute atomic E-state index is 0.264. The molecule has 0 amide bonds. The van der Waals surface area contributed by atoms with Crippen LogP contribution in [0.1, 0.15) is 0 Å². The zero-order valence-corrected chi connectivity index (χ0v) is 12.3. The van der Waals surface area contributed by atoms with Gasteiger partial charge in [0, 0.05) is 0 Å². The summed E-state index contributed by atoms with van der Waals surface area (Å²) in [5.41, 5.74) is 0.819. The number of para-hydroxylation sites is 1. The first-order chi connectivity index (χ1) is 9.07. The zero-order chi connectivity index (χ0) is 13.5. The van der Waals surface area contributed by atoms with E-state index in [2.05, 4.69) is 4.98 Å². The van der Waals surface area contributed by atoms with E-state index in [9.17, 15) is 7.67 Å². The van der Waals surface area contributed by atoms with Gasteiger partial charge in [0.15, 0.2) is 0 Å². The van der Waals surface area contributed by atoms with Crippen LogP contribution in [-0.2, 0) is 7.67 Å². The molecule has 3 rings (SSSR count).